The molecular weight excluding hydrogens is 529 g/mol. The fraction of sp³-hybridized carbons (Fsp3) is 0.522. The number of carboxylic acid groups (broad SMARTS) is 1. The van der Waals surface area contributed by atoms with Crippen LogP contribution in [0.4, 0.5) is 24.9 Å². The number of aliphatic carboxylic acids is 1. The van der Waals surface area contributed by atoms with E-state index in [1.54, 1.807) is 0 Å². The Kier molecular flexibility index (Phi) is 9.76. The Morgan fingerprint density at radius 1 is 1.19 bits per heavy atom. The van der Waals surface area contributed by atoms with Gasteiger partial charge in [-0.3, -0.25) is 4.79 Å². The summed E-state index contributed by atoms with van der Waals surface area (Å²) in [5.74, 6) is 0.161. The lowest BCUT2D eigenvalue weighted by Crippen LogP contribution is -2.44. The number of amides is 1. The van der Waals surface area contributed by atoms with E-state index >= 15 is 0 Å². The van der Waals surface area contributed by atoms with E-state index in [1.165, 1.54) is 11.8 Å². The minimum absolute atomic E-state index is 0.0587. The molecule has 1 unspecified atom stereocenters. The van der Waals surface area contributed by atoms with Gasteiger partial charge in [0.05, 0.1) is 5.52 Å². The Bertz CT molecular complexity index is 1130. The van der Waals surface area contributed by atoms with Crippen LogP contribution in [0.3, 0.4) is 0 Å². The van der Waals surface area contributed by atoms with E-state index in [0.29, 0.717) is 17.9 Å². The highest BCUT2D eigenvalue weighted by atomic mass is 32.2. The number of fused-ring (bicyclic) bond motifs is 1. The monoisotopic (exact) mass is 558 g/mol. The van der Waals surface area contributed by atoms with Crippen LogP contribution in [-0.2, 0) is 9.59 Å². The number of aromatic nitrogens is 2. The van der Waals surface area contributed by atoms with E-state index in [1.807, 2.05) is 37.2 Å². The standard InChI is InChI=1S/C21H28N6OS2.C2HF3O2/c1-27(2)18-15-5-3-4-6-16(15)24-20(26-18)23-14-9-7-13(8-10-14)11-22-19(28)17-12-30-21(29)25-17;3-2(4,5)1(6)7/h3-6,13-14,17H,7-12H2,1-2H3,(H,22,28)(H,25,29)(H,23,24,26);(H,6,7). The first-order chi connectivity index (χ1) is 17.4. The van der Waals surface area contributed by atoms with E-state index in [-0.39, 0.29) is 11.9 Å². The Balaban J connectivity index is 0.000000479. The molecule has 4 rings (SSSR count). The molecule has 9 nitrogen and oxygen atoms in total. The van der Waals surface area contributed by atoms with Crippen molar-refractivity contribution < 1.29 is 27.9 Å². The fourth-order valence-corrected chi connectivity index (χ4v) is 5.18. The third-order valence-electron chi connectivity index (χ3n) is 5.98. The molecule has 0 bridgehead atoms. The largest absolute Gasteiger partial charge is 0.490 e. The predicted octanol–water partition coefficient (Wildman–Crippen LogP) is 3.41. The number of hydrogen-bond acceptors (Lipinski definition) is 8. The normalized spacial score (nSPS) is 21.4. The number of thioether (sulfide) groups is 1. The average Bonchev–Trinajstić information content (AvgIpc) is 3.29. The molecule has 2 fully saturated rings. The molecule has 202 valence electrons. The summed E-state index contributed by atoms with van der Waals surface area (Å²) in [6.07, 6.45) is -0.820. The lowest BCUT2D eigenvalue weighted by atomic mass is 9.86. The third kappa shape index (κ3) is 8.32. The summed E-state index contributed by atoms with van der Waals surface area (Å²) < 4.78 is 32.5. The maximum atomic E-state index is 12.3. The topological polar surface area (TPSA) is 119 Å². The zero-order valence-corrected chi connectivity index (χ0v) is 22.0. The van der Waals surface area contributed by atoms with Gasteiger partial charge in [0.15, 0.2) is 0 Å². The molecule has 2 heterocycles. The van der Waals surface area contributed by atoms with Gasteiger partial charge in [-0.2, -0.15) is 18.2 Å². The van der Waals surface area contributed by atoms with Crippen molar-refractivity contribution in [1.29, 1.82) is 0 Å². The Hall–Kier alpha value is -2.87. The summed E-state index contributed by atoms with van der Waals surface area (Å²) in [4.78, 5) is 32.6. The molecule has 4 N–H and O–H groups in total. The molecule has 1 aliphatic carbocycles. The van der Waals surface area contributed by atoms with E-state index in [2.05, 4.69) is 22.0 Å². The number of carbonyl (C=O) groups excluding carboxylic acids is 1. The Morgan fingerprint density at radius 2 is 1.84 bits per heavy atom. The first-order valence-corrected chi connectivity index (χ1v) is 13.0. The summed E-state index contributed by atoms with van der Waals surface area (Å²) in [5, 5.41) is 17.9. The molecule has 1 aromatic heterocycles. The van der Waals surface area contributed by atoms with E-state index in [4.69, 9.17) is 32.1 Å². The predicted molar refractivity (Wildman–Crippen MR) is 142 cm³/mol. The van der Waals surface area contributed by atoms with Crippen LogP contribution < -0.4 is 20.9 Å². The smallest absolute Gasteiger partial charge is 0.475 e. The lowest BCUT2D eigenvalue weighted by molar-refractivity contribution is -0.192. The first kappa shape index (κ1) is 28.7. The van der Waals surface area contributed by atoms with Crippen LogP contribution in [0, 0.1) is 5.92 Å². The Morgan fingerprint density at radius 3 is 2.41 bits per heavy atom. The van der Waals surface area contributed by atoms with Crippen molar-refractivity contribution >= 4 is 62.8 Å². The molecule has 1 amide bonds. The number of hydrogen-bond donors (Lipinski definition) is 4. The SMILES string of the molecule is CN(C)c1nc(NC2CCC(CNC(=O)C3CSC(=S)N3)CC2)nc2ccccc12.O=C(O)C(F)(F)F. The number of nitrogens with one attached hydrogen (secondary N) is 3. The fourth-order valence-electron chi connectivity index (χ4n) is 4.05. The summed E-state index contributed by atoms with van der Waals surface area (Å²) in [7, 11) is 4.01. The van der Waals surface area contributed by atoms with Gasteiger partial charge in [0.2, 0.25) is 11.9 Å². The first-order valence-electron chi connectivity index (χ1n) is 11.7. The molecular formula is C23H29F3N6O3S2. The van der Waals surface area contributed by atoms with Crippen LogP contribution in [0.25, 0.3) is 10.9 Å². The summed E-state index contributed by atoms with van der Waals surface area (Å²) >= 11 is 6.63. The van der Waals surface area contributed by atoms with Crippen LogP contribution in [0.1, 0.15) is 25.7 Å². The number of thiocarbonyl (C=S) groups is 1. The molecule has 0 spiro atoms. The minimum atomic E-state index is -5.08. The van der Waals surface area contributed by atoms with Gasteiger partial charge >= 0.3 is 12.1 Å². The van der Waals surface area contributed by atoms with Gasteiger partial charge in [0, 0.05) is 37.8 Å². The van der Waals surface area contributed by atoms with Gasteiger partial charge in [-0.15, -0.1) is 0 Å². The molecule has 1 atom stereocenters. The highest BCUT2D eigenvalue weighted by Gasteiger charge is 2.38. The van der Waals surface area contributed by atoms with Crippen LogP contribution in [-0.4, -0.2) is 75.9 Å². The van der Waals surface area contributed by atoms with Crippen molar-refractivity contribution in [2.45, 2.75) is 43.9 Å². The molecule has 1 saturated heterocycles. The van der Waals surface area contributed by atoms with Gasteiger partial charge < -0.3 is 26.0 Å². The van der Waals surface area contributed by atoms with E-state index in [9.17, 15) is 18.0 Å². The number of halogens is 3. The highest BCUT2D eigenvalue weighted by Crippen LogP contribution is 2.28. The zero-order valence-electron chi connectivity index (χ0n) is 20.3. The van der Waals surface area contributed by atoms with Crippen LogP contribution in [0.15, 0.2) is 24.3 Å². The average molecular weight is 559 g/mol. The van der Waals surface area contributed by atoms with Crippen LogP contribution in [0.5, 0.6) is 0 Å². The van der Waals surface area contributed by atoms with Crippen molar-refractivity contribution in [2.75, 3.05) is 36.6 Å². The number of carbonyl (C=O) groups is 2. The quantitative estimate of drug-likeness (QED) is 0.393. The van der Waals surface area contributed by atoms with Crippen molar-refractivity contribution in [3.8, 4) is 0 Å². The molecule has 37 heavy (non-hydrogen) atoms. The van der Waals surface area contributed by atoms with Crippen molar-refractivity contribution in [1.82, 2.24) is 20.6 Å². The van der Waals surface area contributed by atoms with Gasteiger partial charge in [0.25, 0.3) is 0 Å². The van der Waals surface area contributed by atoms with Crippen molar-refractivity contribution in [3.05, 3.63) is 24.3 Å². The third-order valence-corrected chi connectivity index (χ3v) is 7.34. The second-order valence-corrected chi connectivity index (χ2v) is 10.7. The summed E-state index contributed by atoms with van der Waals surface area (Å²) in [5.41, 5.74) is 0.952. The maximum Gasteiger partial charge on any atom is 0.490 e. The molecule has 0 radical (unpaired) electrons. The van der Waals surface area contributed by atoms with Crippen molar-refractivity contribution in [2.24, 2.45) is 5.92 Å². The van der Waals surface area contributed by atoms with E-state index in [0.717, 1.165) is 59.0 Å². The van der Waals surface area contributed by atoms with Crippen LogP contribution >= 0.6 is 24.0 Å². The minimum Gasteiger partial charge on any atom is -0.475 e. The summed E-state index contributed by atoms with van der Waals surface area (Å²) in [6, 6.07) is 8.28. The highest BCUT2D eigenvalue weighted by molar-refractivity contribution is 8.23. The zero-order chi connectivity index (χ0) is 27.2. The Labute approximate surface area is 222 Å². The van der Waals surface area contributed by atoms with Gasteiger partial charge in [-0.05, 0) is 43.7 Å². The molecule has 2 aromatic rings. The van der Waals surface area contributed by atoms with Crippen molar-refractivity contribution in [3.63, 3.8) is 0 Å². The molecule has 1 aromatic carbocycles. The number of benzene rings is 1. The number of carboxylic acids is 1. The number of nitrogens with zero attached hydrogens (tertiary/aromatic N) is 3. The maximum absolute atomic E-state index is 12.3. The lowest BCUT2D eigenvalue weighted by Gasteiger charge is -2.29. The van der Waals surface area contributed by atoms with Gasteiger partial charge in [-0.1, -0.05) is 36.1 Å². The van der Waals surface area contributed by atoms with Gasteiger partial charge in [-0.25, -0.2) is 9.78 Å². The second kappa shape index (κ2) is 12.6. The number of rotatable bonds is 6. The molecule has 1 saturated carbocycles. The van der Waals surface area contributed by atoms with Crippen LogP contribution in [0.2, 0.25) is 0 Å². The number of anilines is 2. The number of para-hydroxylation sites is 1. The number of alkyl halides is 3. The molecule has 1 aliphatic heterocycles. The van der Waals surface area contributed by atoms with Gasteiger partial charge in [0.1, 0.15) is 16.2 Å². The van der Waals surface area contributed by atoms with E-state index < -0.39 is 12.1 Å². The summed E-state index contributed by atoms with van der Waals surface area (Å²) in [6.45, 7) is 0.735. The molecule has 2 aliphatic rings. The second-order valence-electron chi connectivity index (χ2n) is 8.99. The molecule has 14 heteroatoms.